The van der Waals surface area contributed by atoms with Crippen molar-refractivity contribution in [2.75, 3.05) is 0 Å². The molecule has 3 aromatic rings. The highest BCUT2D eigenvalue weighted by atomic mass is 16.3. The van der Waals surface area contributed by atoms with Crippen LogP contribution in [0.4, 0.5) is 0 Å². The monoisotopic (exact) mass is 223 g/mol. The predicted octanol–water partition coefficient (Wildman–Crippen LogP) is 3.46. The smallest absolute Gasteiger partial charge is 0.193 e. The van der Waals surface area contributed by atoms with Gasteiger partial charge in [0, 0.05) is 11.6 Å². The summed E-state index contributed by atoms with van der Waals surface area (Å²) in [7, 11) is 0. The Morgan fingerprint density at radius 1 is 1.00 bits per heavy atom. The summed E-state index contributed by atoms with van der Waals surface area (Å²) in [6.45, 7) is 0. The van der Waals surface area contributed by atoms with Crippen LogP contribution in [-0.2, 0) is 0 Å². The maximum absolute atomic E-state index is 12.0. The van der Waals surface area contributed by atoms with Gasteiger partial charge >= 0.3 is 0 Å². The molecule has 2 heteroatoms. The van der Waals surface area contributed by atoms with Crippen LogP contribution < -0.4 is 5.43 Å². The van der Waals surface area contributed by atoms with Crippen LogP contribution in [0, 0.1) is 0 Å². The van der Waals surface area contributed by atoms with Crippen molar-refractivity contribution in [2.45, 2.75) is 0 Å². The van der Waals surface area contributed by atoms with E-state index >= 15 is 0 Å². The molecule has 0 aliphatic heterocycles. The third-order valence-corrected chi connectivity index (χ3v) is 2.63. The van der Waals surface area contributed by atoms with Gasteiger partial charge in [-0.2, -0.15) is 0 Å². The van der Waals surface area contributed by atoms with Crippen molar-refractivity contribution in [3.05, 3.63) is 70.9 Å². The summed E-state index contributed by atoms with van der Waals surface area (Å²) in [6.07, 6.45) is 0. The number of fused-ring (bicyclic) bond motifs is 1. The van der Waals surface area contributed by atoms with Crippen LogP contribution in [0.3, 0.4) is 0 Å². The first-order valence-electron chi connectivity index (χ1n) is 5.84. The van der Waals surface area contributed by atoms with Crippen LogP contribution in [0.25, 0.3) is 22.3 Å². The molecule has 0 saturated heterocycles. The van der Waals surface area contributed by atoms with Crippen molar-refractivity contribution < 1.29 is 5.79 Å². The molecule has 0 N–H and O–H groups in total. The minimum Gasteiger partial charge on any atom is -0.456 e. The lowest BCUT2D eigenvalue weighted by Crippen LogP contribution is -1.99. The summed E-state index contributed by atoms with van der Waals surface area (Å²) in [6, 6.07) is 16.0. The van der Waals surface area contributed by atoms with Crippen LogP contribution >= 0.6 is 0 Å². The van der Waals surface area contributed by atoms with Crippen molar-refractivity contribution in [1.82, 2.24) is 0 Å². The molecule has 0 bridgehead atoms. The number of hydrogen-bond acceptors (Lipinski definition) is 2. The third-order valence-electron chi connectivity index (χ3n) is 2.63. The molecule has 1 aromatic heterocycles. The van der Waals surface area contributed by atoms with Gasteiger partial charge in [0.15, 0.2) is 5.43 Å². The van der Waals surface area contributed by atoms with Gasteiger partial charge in [-0.1, -0.05) is 42.4 Å². The van der Waals surface area contributed by atoms with Crippen molar-refractivity contribution in [3.63, 3.8) is 0 Å². The van der Waals surface area contributed by atoms with Crippen LogP contribution in [0.15, 0.2) is 69.9 Å². The second-order valence-electron chi connectivity index (χ2n) is 3.76. The van der Waals surface area contributed by atoms with Crippen LogP contribution in [0.5, 0.6) is 0 Å². The molecule has 2 aromatic carbocycles. The van der Waals surface area contributed by atoms with E-state index in [-0.39, 0.29) is 5.43 Å². The van der Waals surface area contributed by atoms with E-state index in [1.165, 1.54) is 6.07 Å². The number of rotatable bonds is 1. The molecular formula is C15H10O2. The van der Waals surface area contributed by atoms with E-state index in [0.717, 1.165) is 5.56 Å². The summed E-state index contributed by atoms with van der Waals surface area (Å²) in [5.41, 5.74) is 1.24. The Hall–Kier alpha value is -2.35. The van der Waals surface area contributed by atoms with Crippen molar-refractivity contribution in [1.29, 1.82) is 0 Å². The fraction of sp³-hybridized carbons (Fsp3) is 0. The topological polar surface area (TPSA) is 30.2 Å². The Labute approximate surface area is 99.5 Å². The minimum atomic E-state index is -0.0674. The van der Waals surface area contributed by atoms with E-state index in [1.807, 2.05) is 18.2 Å². The van der Waals surface area contributed by atoms with E-state index in [1.54, 1.807) is 30.3 Å². The van der Waals surface area contributed by atoms with E-state index in [0.29, 0.717) is 22.8 Å². The highest BCUT2D eigenvalue weighted by Crippen LogP contribution is 2.21. The lowest BCUT2D eigenvalue weighted by atomic mass is 10.1. The SMILES string of the molecule is [2H]c1cccc(-c2cc(=O)c3ccccc3o2)c1. The largest absolute Gasteiger partial charge is 0.456 e. The van der Waals surface area contributed by atoms with E-state index in [2.05, 4.69) is 0 Å². The molecule has 0 amide bonds. The maximum Gasteiger partial charge on any atom is 0.193 e. The van der Waals surface area contributed by atoms with Gasteiger partial charge in [0.1, 0.15) is 11.3 Å². The van der Waals surface area contributed by atoms with Crippen molar-refractivity contribution >= 4 is 11.0 Å². The Kier molecular flexibility index (Phi) is 2.01. The van der Waals surface area contributed by atoms with Crippen LogP contribution in [-0.4, -0.2) is 0 Å². The van der Waals surface area contributed by atoms with E-state index in [4.69, 9.17) is 5.79 Å². The molecule has 2 nitrogen and oxygen atoms in total. The lowest BCUT2D eigenvalue weighted by Gasteiger charge is -2.02. The second kappa shape index (κ2) is 3.91. The molecule has 0 atom stereocenters. The second-order valence-corrected chi connectivity index (χ2v) is 3.76. The van der Waals surface area contributed by atoms with Crippen molar-refractivity contribution in [2.24, 2.45) is 0 Å². The first-order chi connectivity index (χ1) is 8.74. The highest BCUT2D eigenvalue weighted by Gasteiger charge is 2.05. The molecule has 0 aliphatic carbocycles. The van der Waals surface area contributed by atoms with Gasteiger partial charge in [-0.25, -0.2) is 0 Å². The van der Waals surface area contributed by atoms with Gasteiger partial charge in [0.25, 0.3) is 0 Å². The first kappa shape index (κ1) is 8.76. The maximum atomic E-state index is 12.0. The van der Waals surface area contributed by atoms with Crippen LogP contribution in [0.2, 0.25) is 0 Å². The summed E-state index contributed by atoms with van der Waals surface area (Å²) >= 11 is 0. The minimum absolute atomic E-state index is 0.0674. The van der Waals surface area contributed by atoms with Gasteiger partial charge < -0.3 is 4.42 Å². The van der Waals surface area contributed by atoms with Crippen LogP contribution in [0.1, 0.15) is 1.37 Å². The standard InChI is InChI=1S/C15H10O2/c16-13-10-15(11-6-2-1-3-7-11)17-14-9-5-4-8-12(13)14/h1-10H/i2D. The molecule has 1 heterocycles. The average Bonchev–Trinajstić information content (AvgIpc) is 2.39. The lowest BCUT2D eigenvalue weighted by molar-refractivity contribution is 0.619. The fourth-order valence-corrected chi connectivity index (χ4v) is 1.79. The zero-order valence-corrected chi connectivity index (χ0v) is 9.01. The van der Waals surface area contributed by atoms with Gasteiger partial charge in [0.05, 0.1) is 6.76 Å². The zero-order chi connectivity index (χ0) is 12.5. The summed E-state index contributed by atoms with van der Waals surface area (Å²) in [5, 5.41) is 0.572. The first-order valence-corrected chi connectivity index (χ1v) is 5.34. The Bertz CT molecular complexity index is 775. The Balaban J connectivity index is 2.28. The molecule has 0 saturated carbocycles. The van der Waals surface area contributed by atoms with Gasteiger partial charge in [-0.3, -0.25) is 4.79 Å². The van der Waals surface area contributed by atoms with E-state index in [9.17, 15) is 4.79 Å². The predicted molar refractivity (Wildman–Crippen MR) is 67.9 cm³/mol. The third kappa shape index (κ3) is 1.74. The molecule has 0 aliphatic rings. The van der Waals surface area contributed by atoms with Gasteiger partial charge in [-0.15, -0.1) is 0 Å². The molecule has 82 valence electrons. The molecular weight excluding hydrogens is 212 g/mol. The number of hydrogen-bond donors (Lipinski definition) is 0. The van der Waals surface area contributed by atoms with E-state index < -0.39 is 0 Å². The number of para-hydroxylation sites is 1. The normalized spacial score (nSPS) is 11.4. The summed E-state index contributed by atoms with van der Waals surface area (Å²) in [4.78, 5) is 12.0. The number of benzene rings is 2. The zero-order valence-electron chi connectivity index (χ0n) is 10.0. The Morgan fingerprint density at radius 3 is 2.71 bits per heavy atom. The Morgan fingerprint density at radius 2 is 1.82 bits per heavy atom. The highest BCUT2D eigenvalue weighted by molar-refractivity contribution is 5.78. The molecule has 0 unspecified atom stereocenters. The molecule has 3 rings (SSSR count). The van der Waals surface area contributed by atoms with Gasteiger partial charge in [0.2, 0.25) is 0 Å². The molecule has 0 radical (unpaired) electrons. The quantitative estimate of drug-likeness (QED) is 0.632. The van der Waals surface area contributed by atoms with Crippen molar-refractivity contribution in [3.8, 4) is 11.3 Å². The molecule has 0 fully saturated rings. The summed E-state index contributed by atoms with van der Waals surface area (Å²) < 4.78 is 13.3. The molecule has 0 spiro atoms. The molecule has 17 heavy (non-hydrogen) atoms. The van der Waals surface area contributed by atoms with Gasteiger partial charge in [-0.05, 0) is 12.1 Å². The average molecular weight is 223 g/mol. The fourth-order valence-electron chi connectivity index (χ4n) is 1.79. The summed E-state index contributed by atoms with van der Waals surface area (Å²) in [5.74, 6) is 0.493.